The summed E-state index contributed by atoms with van der Waals surface area (Å²) in [5.74, 6) is 0. The van der Waals surface area contributed by atoms with Crippen LogP contribution in [0, 0.1) is 0 Å². The molecule has 1 aliphatic heterocycles. The van der Waals surface area contributed by atoms with E-state index in [4.69, 9.17) is 14.2 Å². The van der Waals surface area contributed by atoms with Crippen LogP contribution in [-0.4, -0.2) is 70.1 Å². The third-order valence-electron chi connectivity index (χ3n) is 3.48. The van der Waals surface area contributed by atoms with Gasteiger partial charge in [0.25, 0.3) is 0 Å². The summed E-state index contributed by atoms with van der Waals surface area (Å²) in [6.45, 7) is 12.3. The zero-order valence-corrected chi connectivity index (χ0v) is 15.2. The highest BCUT2D eigenvalue weighted by atomic mass is 16.6. The molecule has 0 aromatic rings. The molecule has 0 bridgehead atoms. The summed E-state index contributed by atoms with van der Waals surface area (Å²) >= 11 is 0. The molecule has 0 saturated carbocycles. The van der Waals surface area contributed by atoms with Gasteiger partial charge in [0.05, 0.1) is 25.4 Å². The van der Waals surface area contributed by atoms with Gasteiger partial charge >= 0.3 is 6.09 Å². The highest BCUT2D eigenvalue weighted by Crippen LogP contribution is 2.33. The Hall–Kier alpha value is -0.890. The number of carbonyl (C=O) groups is 1. The van der Waals surface area contributed by atoms with E-state index in [9.17, 15) is 15.0 Å². The molecule has 2 N–H and O–H groups in total. The van der Waals surface area contributed by atoms with Gasteiger partial charge < -0.3 is 24.4 Å². The number of hydrogen-bond donors (Lipinski definition) is 2. The number of carbonyl (C=O) groups excluding carboxylic acids is 1. The van der Waals surface area contributed by atoms with E-state index in [1.165, 1.54) is 4.90 Å². The minimum absolute atomic E-state index is 0.176. The monoisotopic (exact) mass is 333 g/mol. The summed E-state index contributed by atoms with van der Waals surface area (Å²) in [7, 11) is 0. The highest BCUT2D eigenvalue weighted by Gasteiger charge is 2.50. The Kier molecular flexibility index (Phi) is 6.43. The maximum Gasteiger partial charge on any atom is 0.412 e. The second-order valence-corrected chi connectivity index (χ2v) is 7.57. The van der Waals surface area contributed by atoms with Crippen molar-refractivity contribution in [3.05, 3.63) is 0 Å². The molecule has 0 spiro atoms. The van der Waals surface area contributed by atoms with Gasteiger partial charge in [0.2, 0.25) is 0 Å². The van der Waals surface area contributed by atoms with Gasteiger partial charge in [0.15, 0.2) is 0 Å². The van der Waals surface area contributed by atoms with E-state index in [0.717, 1.165) is 0 Å². The van der Waals surface area contributed by atoms with E-state index < -0.39 is 42.3 Å². The zero-order chi connectivity index (χ0) is 18.0. The van der Waals surface area contributed by atoms with Crippen LogP contribution < -0.4 is 0 Å². The highest BCUT2D eigenvalue weighted by molar-refractivity contribution is 5.70. The molecule has 7 heteroatoms. The lowest BCUT2D eigenvalue weighted by molar-refractivity contribution is -0.117. The summed E-state index contributed by atoms with van der Waals surface area (Å²) in [4.78, 5) is 14.1. The molecule has 1 fully saturated rings. The predicted octanol–water partition coefficient (Wildman–Crippen LogP) is 1.51. The summed E-state index contributed by atoms with van der Waals surface area (Å²) < 4.78 is 16.9. The predicted molar refractivity (Wildman–Crippen MR) is 85.0 cm³/mol. The number of ether oxygens (including phenoxy) is 3. The van der Waals surface area contributed by atoms with Crippen LogP contribution in [0.3, 0.4) is 0 Å². The molecule has 23 heavy (non-hydrogen) atoms. The summed E-state index contributed by atoms with van der Waals surface area (Å²) in [5.41, 5.74) is -1.54. The lowest BCUT2D eigenvalue weighted by Gasteiger charge is -2.39. The van der Waals surface area contributed by atoms with Crippen molar-refractivity contribution in [2.24, 2.45) is 0 Å². The van der Waals surface area contributed by atoms with Gasteiger partial charge in [-0.1, -0.05) is 0 Å². The number of hydrogen-bond acceptors (Lipinski definition) is 6. The summed E-state index contributed by atoms with van der Waals surface area (Å²) in [5, 5.41) is 19.4. The molecule has 1 rings (SSSR count). The van der Waals surface area contributed by atoms with Crippen molar-refractivity contribution >= 4 is 6.09 Å². The first-order valence-electron chi connectivity index (χ1n) is 7.99. The molecule has 1 aliphatic rings. The third-order valence-corrected chi connectivity index (χ3v) is 3.48. The third kappa shape index (κ3) is 5.31. The fourth-order valence-electron chi connectivity index (χ4n) is 2.60. The van der Waals surface area contributed by atoms with Crippen LogP contribution in [0.25, 0.3) is 0 Å². The van der Waals surface area contributed by atoms with E-state index in [1.807, 2.05) is 13.8 Å². The van der Waals surface area contributed by atoms with Crippen molar-refractivity contribution in [1.82, 2.24) is 4.90 Å². The normalized spacial score (nSPS) is 23.9. The molecular formula is C16H31NO6. The fraction of sp³-hybridized carbons (Fsp3) is 0.938. The Balaban J connectivity index is 3.07. The van der Waals surface area contributed by atoms with E-state index in [0.29, 0.717) is 0 Å². The van der Waals surface area contributed by atoms with Crippen LogP contribution >= 0.6 is 0 Å². The van der Waals surface area contributed by atoms with E-state index >= 15 is 0 Å². The van der Waals surface area contributed by atoms with E-state index in [2.05, 4.69) is 0 Å². The van der Waals surface area contributed by atoms with Gasteiger partial charge in [0, 0.05) is 0 Å². The van der Waals surface area contributed by atoms with Gasteiger partial charge in [0.1, 0.15) is 23.5 Å². The first kappa shape index (κ1) is 20.2. The van der Waals surface area contributed by atoms with Crippen LogP contribution in [0.5, 0.6) is 0 Å². The van der Waals surface area contributed by atoms with Gasteiger partial charge in [-0.3, -0.25) is 4.90 Å². The van der Waals surface area contributed by atoms with Crippen LogP contribution in [-0.2, 0) is 14.2 Å². The molecule has 1 heterocycles. The lowest BCUT2D eigenvalue weighted by atomic mass is 10.0. The largest absolute Gasteiger partial charge is 0.444 e. The fourth-order valence-corrected chi connectivity index (χ4v) is 2.60. The van der Waals surface area contributed by atoms with Gasteiger partial charge in [-0.05, 0) is 48.5 Å². The number of rotatable bonds is 5. The van der Waals surface area contributed by atoms with Crippen molar-refractivity contribution in [3.63, 3.8) is 0 Å². The number of aliphatic hydroxyl groups excluding tert-OH is 2. The minimum atomic E-state index is -1.12. The molecule has 7 nitrogen and oxygen atoms in total. The molecule has 0 aromatic carbocycles. The molecule has 1 saturated heterocycles. The van der Waals surface area contributed by atoms with Crippen LogP contribution in [0.1, 0.15) is 48.5 Å². The molecule has 0 unspecified atom stereocenters. The number of aliphatic hydroxyl groups is 2. The van der Waals surface area contributed by atoms with E-state index in [1.54, 1.807) is 34.6 Å². The van der Waals surface area contributed by atoms with E-state index in [-0.39, 0.29) is 12.7 Å². The van der Waals surface area contributed by atoms with Crippen molar-refractivity contribution in [2.75, 3.05) is 13.2 Å². The lowest BCUT2D eigenvalue weighted by Crippen LogP contribution is -2.57. The SMILES string of the molecule is CC(C)O[C@H]([C@@H](O)CO)[C@@H]1COC(C)(C)N1C(=O)OC(C)(C)C. The Morgan fingerprint density at radius 1 is 1.39 bits per heavy atom. The quantitative estimate of drug-likeness (QED) is 0.793. The number of amides is 1. The smallest absolute Gasteiger partial charge is 0.412 e. The average Bonchev–Trinajstić information content (AvgIpc) is 2.68. The molecule has 0 aromatic heterocycles. The van der Waals surface area contributed by atoms with Crippen molar-refractivity contribution in [1.29, 1.82) is 0 Å². The second kappa shape index (κ2) is 7.34. The minimum Gasteiger partial charge on any atom is -0.444 e. The maximum absolute atomic E-state index is 12.6. The van der Waals surface area contributed by atoms with Crippen LogP contribution in [0.15, 0.2) is 0 Å². The Bertz CT molecular complexity index is 404. The Labute approximate surface area is 138 Å². The molecule has 1 amide bonds. The van der Waals surface area contributed by atoms with Crippen molar-refractivity contribution in [3.8, 4) is 0 Å². The number of nitrogens with zero attached hydrogens (tertiary/aromatic N) is 1. The first-order chi connectivity index (χ1) is 10.4. The molecule has 0 radical (unpaired) electrons. The first-order valence-corrected chi connectivity index (χ1v) is 7.99. The topological polar surface area (TPSA) is 88.5 Å². The second-order valence-electron chi connectivity index (χ2n) is 7.57. The van der Waals surface area contributed by atoms with Crippen molar-refractivity contribution < 1.29 is 29.2 Å². The summed E-state index contributed by atoms with van der Waals surface area (Å²) in [6, 6.07) is -0.551. The van der Waals surface area contributed by atoms with Gasteiger partial charge in [-0.2, -0.15) is 0 Å². The van der Waals surface area contributed by atoms with Gasteiger partial charge in [-0.25, -0.2) is 4.79 Å². The van der Waals surface area contributed by atoms with Crippen LogP contribution in [0.2, 0.25) is 0 Å². The maximum atomic E-state index is 12.6. The zero-order valence-electron chi connectivity index (χ0n) is 15.2. The Morgan fingerprint density at radius 3 is 2.39 bits per heavy atom. The molecule has 0 aliphatic carbocycles. The Morgan fingerprint density at radius 2 is 1.96 bits per heavy atom. The van der Waals surface area contributed by atoms with Gasteiger partial charge in [-0.15, -0.1) is 0 Å². The molecule has 136 valence electrons. The van der Waals surface area contributed by atoms with Crippen LogP contribution in [0.4, 0.5) is 4.79 Å². The standard InChI is InChI=1S/C16H31NO6/c1-10(2)22-13(12(19)8-18)11-9-21-16(6,7)17(11)14(20)23-15(3,4)5/h10-13,18-19H,8-9H2,1-7H3/t11-,12-,13-/m0/s1. The molecular weight excluding hydrogens is 302 g/mol. The molecule has 3 atom stereocenters. The summed E-state index contributed by atoms with van der Waals surface area (Å²) in [6.07, 6.45) is -2.60. The van der Waals surface area contributed by atoms with Crippen molar-refractivity contribution in [2.45, 2.75) is 84.1 Å². The average molecular weight is 333 g/mol.